The van der Waals surface area contributed by atoms with E-state index in [2.05, 4.69) is 31.4 Å². The normalized spacial score (nSPS) is 12.8. The number of carbonyl (C=O) groups is 2. The molecule has 1 rings (SSSR count). The van der Waals surface area contributed by atoms with E-state index in [0.717, 1.165) is 0 Å². The van der Waals surface area contributed by atoms with E-state index in [1.807, 2.05) is 38.1 Å². The number of carbonyl (C=O) groups excluding carboxylic acids is 1. The van der Waals surface area contributed by atoms with Gasteiger partial charge >= 0.3 is 12.0 Å². The van der Waals surface area contributed by atoms with E-state index in [0.29, 0.717) is 12.1 Å². The van der Waals surface area contributed by atoms with Gasteiger partial charge in [0, 0.05) is 5.69 Å². The molecule has 2 amide bonds. The van der Waals surface area contributed by atoms with Gasteiger partial charge in [-0.2, -0.15) is 0 Å². The fraction of sp³-hybridized carbons (Fsp3) is 0.529. The molecule has 3 N–H and O–H groups in total. The number of amides is 2. The topological polar surface area (TPSA) is 78.4 Å². The SMILES string of the molecule is CC(C)CC(NC(=O)Nc1ccc(C(C)(C)C)cc1)C(=O)O. The number of nitrogens with one attached hydrogen (secondary N) is 2. The Balaban J connectivity index is 2.66. The van der Waals surface area contributed by atoms with Gasteiger partial charge < -0.3 is 15.7 Å². The third kappa shape index (κ3) is 5.76. The van der Waals surface area contributed by atoms with Crippen molar-refractivity contribution in [2.75, 3.05) is 5.32 Å². The lowest BCUT2D eigenvalue weighted by atomic mass is 9.87. The van der Waals surface area contributed by atoms with Crippen molar-refractivity contribution >= 4 is 17.7 Å². The highest BCUT2D eigenvalue weighted by Gasteiger charge is 2.21. The summed E-state index contributed by atoms with van der Waals surface area (Å²) in [7, 11) is 0. The first-order chi connectivity index (χ1) is 10.1. The molecule has 122 valence electrons. The van der Waals surface area contributed by atoms with Crippen molar-refractivity contribution in [3.8, 4) is 0 Å². The third-order valence-electron chi connectivity index (χ3n) is 3.32. The predicted molar refractivity (Wildman–Crippen MR) is 88.2 cm³/mol. The lowest BCUT2D eigenvalue weighted by Gasteiger charge is -2.20. The van der Waals surface area contributed by atoms with E-state index in [4.69, 9.17) is 5.11 Å². The van der Waals surface area contributed by atoms with Crippen LogP contribution in [0.1, 0.15) is 46.6 Å². The molecule has 5 nitrogen and oxygen atoms in total. The van der Waals surface area contributed by atoms with Gasteiger partial charge in [0.25, 0.3) is 0 Å². The van der Waals surface area contributed by atoms with Crippen molar-refractivity contribution in [3.63, 3.8) is 0 Å². The van der Waals surface area contributed by atoms with Crippen LogP contribution in [0.5, 0.6) is 0 Å². The summed E-state index contributed by atoms with van der Waals surface area (Å²) in [4.78, 5) is 23.0. The van der Waals surface area contributed by atoms with Gasteiger partial charge in [0.1, 0.15) is 6.04 Å². The molecule has 0 heterocycles. The maximum absolute atomic E-state index is 11.9. The summed E-state index contributed by atoms with van der Waals surface area (Å²) in [5.41, 5.74) is 1.85. The lowest BCUT2D eigenvalue weighted by molar-refractivity contribution is -0.139. The monoisotopic (exact) mass is 306 g/mol. The van der Waals surface area contributed by atoms with Gasteiger partial charge in [-0.1, -0.05) is 46.8 Å². The highest BCUT2D eigenvalue weighted by molar-refractivity contribution is 5.92. The molecule has 1 aromatic rings. The van der Waals surface area contributed by atoms with Gasteiger partial charge in [0.15, 0.2) is 0 Å². The number of aliphatic carboxylic acids is 1. The second kappa shape index (κ2) is 7.29. The summed E-state index contributed by atoms with van der Waals surface area (Å²) < 4.78 is 0. The van der Waals surface area contributed by atoms with Crippen molar-refractivity contribution in [1.82, 2.24) is 5.32 Å². The zero-order chi connectivity index (χ0) is 16.9. The van der Waals surface area contributed by atoms with Gasteiger partial charge in [-0.25, -0.2) is 9.59 Å². The number of benzene rings is 1. The first kappa shape index (κ1) is 18.0. The van der Waals surface area contributed by atoms with Crippen molar-refractivity contribution in [2.24, 2.45) is 5.92 Å². The van der Waals surface area contributed by atoms with Crippen molar-refractivity contribution in [1.29, 1.82) is 0 Å². The maximum Gasteiger partial charge on any atom is 0.326 e. The molecule has 0 bridgehead atoms. The summed E-state index contributed by atoms with van der Waals surface area (Å²) in [5.74, 6) is -0.834. The van der Waals surface area contributed by atoms with Crippen LogP contribution in [0, 0.1) is 5.92 Å². The minimum Gasteiger partial charge on any atom is -0.480 e. The first-order valence-corrected chi connectivity index (χ1v) is 7.50. The van der Waals surface area contributed by atoms with Crippen molar-refractivity contribution < 1.29 is 14.7 Å². The highest BCUT2D eigenvalue weighted by atomic mass is 16.4. The van der Waals surface area contributed by atoms with Gasteiger partial charge in [-0.3, -0.25) is 0 Å². The highest BCUT2D eigenvalue weighted by Crippen LogP contribution is 2.23. The standard InChI is InChI=1S/C17H26N2O3/c1-11(2)10-14(15(20)21)19-16(22)18-13-8-6-12(7-9-13)17(3,4)5/h6-9,11,14H,10H2,1-5H3,(H,20,21)(H2,18,19,22). The summed E-state index contributed by atoms with van der Waals surface area (Å²) >= 11 is 0. The average molecular weight is 306 g/mol. The molecule has 5 heteroatoms. The quantitative estimate of drug-likeness (QED) is 0.777. The van der Waals surface area contributed by atoms with Crippen molar-refractivity contribution in [3.05, 3.63) is 29.8 Å². The predicted octanol–water partition coefficient (Wildman–Crippen LogP) is 3.60. The van der Waals surface area contributed by atoms with E-state index in [1.54, 1.807) is 0 Å². The molecule has 1 unspecified atom stereocenters. The lowest BCUT2D eigenvalue weighted by Crippen LogP contribution is -2.43. The smallest absolute Gasteiger partial charge is 0.326 e. The molecule has 0 spiro atoms. The van der Waals surface area contributed by atoms with Crippen LogP contribution < -0.4 is 10.6 Å². The number of anilines is 1. The molecule has 1 atom stereocenters. The Bertz CT molecular complexity index is 516. The Labute approximate surface area is 132 Å². The third-order valence-corrected chi connectivity index (χ3v) is 3.32. The maximum atomic E-state index is 11.9. The largest absolute Gasteiger partial charge is 0.480 e. The minimum atomic E-state index is -1.02. The number of hydrogen-bond acceptors (Lipinski definition) is 2. The molecule has 0 saturated heterocycles. The Kier molecular flexibility index (Phi) is 5.97. The number of rotatable bonds is 5. The molecule has 0 fully saturated rings. The Hall–Kier alpha value is -2.04. The molecular formula is C17H26N2O3. The summed E-state index contributed by atoms with van der Waals surface area (Å²) in [5, 5.41) is 14.3. The molecule has 0 aliphatic heterocycles. The molecule has 1 aromatic carbocycles. The van der Waals surface area contributed by atoms with Crippen LogP contribution in [-0.4, -0.2) is 23.1 Å². The molecule has 0 aromatic heterocycles. The minimum absolute atomic E-state index is 0.0481. The van der Waals surface area contributed by atoms with E-state index in [-0.39, 0.29) is 11.3 Å². The van der Waals surface area contributed by atoms with Crippen LogP contribution in [0.4, 0.5) is 10.5 Å². The van der Waals surface area contributed by atoms with Crippen LogP contribution in [-0.2, 0) is 10.2 Å². The van der Waals surface area contributed by atoms with E-state index in [1.165, 1.54) is 5.56 Å². The first-order valence-electron chi connectivity index (χ1n) is 7.50. The molecular weight excluding hydrogens is 280 g/mol. The second-order valence-electron chi connectivity index (χ2n) is 6.95. The summed E-state index contributed by atoms with van der Waals surface area (Å²) in [6.45, 7) is 10.2. The number of carboxylic acid groups (broad SMARTS) is 1. The molecule has 0 aliphatic rings. The van der Waals surface area contributed by atoms with Gasteiger partial charge in [-0.05, 0) is 35.4 Å². The zero-order valence-electron chi connectivity index (χ0n) is 13.9. The summed E-state index contributed by atoms with van der Waals surface area (Å²) in [6.07, 6.45) is 0.395. The Morgan fingerprint density at radius 3 is 2.09 bits per heavy atom. The van der Waals surface area contributed by atoms with Gasteiger partial charge in [0.05, 0.1) is 0 Å². The van der Waals surface area contributed by atoms with Crippen molar-refractivity contribution in [2.45, 2.75) is 52.5 Å². The average Bonchev–Trinajstić information content (AvgIpc) is 2.36. The molecule has 0 aliphatic carbocycles. The fourth-order valence-corrected chi connectivity index (χ4v) is 2.07. The van der Waals surface area contributed by atoms with Gasteiger partial charge in [0.2, 0.25) is 0 Å². The van der Waals surface area contributed by atoms with E-state index in [9.17, 15) is 9.59 Å². The van der Waals surface area contributed by atoms with Crippen LogP contribution in [0.15, 0.2) is 24.3 Å². The molecule has 0 radical (unpaired) electrons. The number of hydrogen-bond donors (Lipinski definition) is 3. The Morgan fingerprint density at radius 2 is 1.68 bits per heavy atom. The van der Waals surface area contributed by atoms with Crippen LogP contribution in [0.25, 0.3) is 0 Å². The molecule has 22 heavy (non-hydrogen) atoms. The van der Waals surface area contributed by atoms with E-state index >= 15 is 0 Å². The summed E-state index contributed by atoms with van der Waals surface area (Å²) in [6, 6.07) is 6.17. The second-order valence-corrected chi connectivity index (χ2v) is 6.95. The molecule has 0 saturated carbocycles. The van der Waals surface area contributed by atoms with Crippen LogP contribution >= 0.6 is 0 Å². The van der Waals surface area contributed by atoms with Crippen LogP contribution in [0.3, 0.4) is 0 Å². The Morgan fingerprint density at radius 1 is 1.14 bits per heavy atom. The number of urea groups is 1. The van der Waals surface area contributed by atoms with E-state index < -0.39 is 18.0 Å². The van der Waals surface area contributed by atoms with Crippen LogP contribution in [0.2, 0.25) is 0 Å². The fourth-order valence-electron chi connectivity index (χ4n) is 2.07. The van der Waals surface area contributed by atoms with Gasteiger partial charge in [-0.15, -0.1) is 0 Å². The number of carboxylic acids is 1. The zero-order valence-corrected chi connectivity index (χ0v) is 13.9.